The van der Waals surface area contributed by atoms with Gasteiger partial charge in [-0.3, -0.25) is 4.79 Å². The molecule has 1 fully saturated rings. The summed E-state index contributed by atoms with van der Waals surface area (Å²) in [6.07, 6.45) is 1.49. The fraction of sp³-hybridized carbons (Fsp3) is 0.438. The molecule has 1 amide bonds. The van der Waals surface area contributed by atoms with Gasteiger partial charge in [-0.1, -0.05) is 13.8 Å². The standard InChI is InChI=1S/C16H19FN4OS/c1-11(2)15(22)20-5-7-21(8-6-20)16-19-13(10-23-16)12-3-4-14(17)18-9-12/h3-4,9-11H,5-8H2,1-2H3. The third-order valence-electron chi connectivity index (χ3n) is 3.87. The van der Waals surface area contributed by atoms with Gasteiger partial charge < -0.3 is 9.80 Å². The van der Waals surface area contributed by atoms with Crippen LogP contribution >= 0.6 is 11.3 Å². The van der Waals surface area contributed by atoms with Gasteiger partial charge in [0.05, 0.1) is 5.69 Å². The van der Waals surface area contributed by atoms with E-state index in [0.29, 0.717) is 0 Å². The molecular formula is C16H19FN4OS. The third-order valence-corrected chi connectivity index (χ3v) is 4.77. The second kappa shape index (κ2) is 6.62. The second-order valence-corrected chi connectivity index (χ2v) is 6.69. The minimum Gasteiger partial charge on any atom is -0.345 e. The maximum atomic E-state index is 12.9. The Labute approximate surface area is 138 Å². The molecule has 0 unspecified atom stereocenters. The Morgan fingerprint density at radius 3 is 2.61 bits per heavy atom. The Morgan fingerprint density at radius 1 is 1.26 bits per heavy atom. The van der Waals surface area contributed by atoms with Crippen LogP contribution in [0.25, 0.3) is 11.3 Å². The van der Waals surface area contributed by atoms with E-state index in [9.17, 15) is 9.18 Å². The minimum absolute atomic E-state index is 0.0407. The number of amides is 1. The summed E-state index contributed by atoms with van der Waals surface area (Å²) in [5, 5.41) is 2.89. The SMILES string of the molecule is CC(C)C(=O)N1CCN(c2nc(-c3ccc(F)nc3)cs2)CC1. The van der Waals surface area contributed by atoms with E-state index in [4.69, 9.17) is 0 Å². The van der Waals surface area contributed by atoms with Crippen molar-refractivity contribution in [2.24, 2.45) is 5.92 Å². The van der Waals surface area contributed by atoms with Gasteiger partial charge in [-0.2, -0.15) is 4.39 Å². The summed E-state index contributed by atoms with van der Waals surface area (Å²) in [6, 6.07) is 3.02. The van der Waals surface area contributed by atoms with Crippen molar-refractivity contribution in [2.75, 3.05) is 31.1 Å². The molecule has 1 saturated heterocycles. The van der Waals surface area contributed by atoms with E-state index in [0.717, 1.165) is 42.6 Å². The van der Waals surface area contributed by atoms with Crippen LogP contribution in [0.4, 0.5) is 9.52 Å². The average Bonchev–Trinajstić information content (AvgIpc) is 3.05. The molecule has 0 atom stereocenters. The Balaban J connectivity index is 1.66. The van der Waals surface area contributed by atoms with Crippen LogP contribution in [0.15, 0.2) is 23.7 Å². The lowest BCUT2D eigenvalue weighted by Crippen LogP contribution is -2.49. The first-order valence-electron chi connectivity index (χ1n) is 7.66. The number of nitrogens with zero attached hydrogens (tertiary/aromatic N) is 4. The Kier molecular flexibility index (Phi) is 4.56. The Morgan fingerprint density at radius 2 is 2.00 bits per heavy atom. The molecule has 0 aliphatic carbocycles. The van der Waals surface area contributed by atoms with E-state index in [1.165, 1.54) is 12.3 Å². The molecule has 3 heterocycles. The Hall–Kier alpha value is -2.02. The van der Waals surface area contributed by atoms with Crippen molar-refractivity contribution in [1.82, 2.24) is 14.9 Å². The highest BCUT2D eigenvalue weighted by Gasteiger charge is 2.24. The normalized spacial score (nSPS) is 15.3. The molecule has 3 rings (SSSR count). The fourth-order valence-corrected chi connectivity index (χ4v) is 3.44. The van der Waals surface area contributed by atoms with Crippen molar-refractivity contribution >= 4 is 22.4 Å². The summed E-state index contributed by atoms with van der Waals surface area (Å²) in [7, 11) is 0. The zero-order valence-corrected chi connectivity index (χ0v) is 14.0. The number of carbonyl (C=O) groups excluding carboxylic acids is 1. The van der Waals surface area contributed by atoms with E-state index in [1.54, 1.807) is 17.4 Å². The maximum absolute atomic E-state index is 12.9. The van der Waals surface area contributed by atoms with Crippen molar-refractivity contribution in [2.45, 2.75) is 13.8 Å². The number of thiazole rings is 1. The van der Waals surface area contributed by atoms with Gasteiger partial charge in [0.15, 0.2) is 5.13 Å². The molecule has 1 aliphatic rings. The molecule has 7 heteroatoms. The smallest absolute Gasteiger partial charge is 0.225 e. The predicted octanol–water partition coefficient (Wildman–Crippen LogP) is 2.65. The highest BCUT2D eigenvalue weighted by atomic mass is 32.1. The summed E-state index contributed by atoms with van der Waals surface area (Å²) >= 11 is 1.56. The predicted molar refractivity (Wildman–Crippen MR) is 88.9 cm³/mol. The summed E-state index contributed by atoms with van der Waals surface area (Å²) < 4.78 is 12.9. The molecule has 0 saturated carbocycles. The van der Waals surface area contributed by atoms with E-state index in [-0.39, 0.29) is 11.8 Å². The molecule has 122 valence electrons. The van der Waals surface area contributed by atoms with Gasteiger partial charge in [-0.05, 0) is 12.1 Å². The number of hydrogen-bond acceptors (Lipinski definition) is 5. The topological polar surface area (TPSA) is 49.3 Å². The number of piperazine rings is 1. The zero-order chi connectivity index (χ0) is 16.4. The van der Waals surface area contributed by atoms with Crippen LogP contribution in [0.3, 0.4) is 0 Å². The molecule has 0 aromatic carbocycles. The van der Waals surface area contributed by atoms with Gasteiger partial charge in [0.1, 0.15) is 0 Å². The number of hydrogen-bond donors (Lipinski definition) is 0. The van der Waals surface area contributed by atoms with Crippen LogP contribution in [-0.2, 0) is 4.79 Å². The molecule has 0 N–H and O–H groups in total. The number of rotatable bonds is 3. The van der Waals surface area contributed by atoms with Gasteiger partial charge in [-0.15, -0.1) is 11.3 Å². The second-order valence-electron chi connectivity index (χ2n) is 5.85. The summed E-state index contributed by atoms with van der Waals surface area (Å²) in [5.74, 6) is -0.240. The van der Waals surface area contributed by atoms with E-state index in [1.807, 2.05) is 24.1 Å². The van der Waals surface area contributed by atoms with Crippen LogP contribution < -0.4 is 4.90 Å². The van der Waals surface area contributed by atoms with Crippen molar-refractivity contribution in [3.63, 3.8) is 0 Å². The Bertz CT molecular complexity index is 678. The van der Waals surface area contributed by atoms with E-state index in [2.05, 4.69) is 14.9 Å². The van der Waals surface area contributed by atoms with Gasteiger partial charge in [0.25, 0.3) is 0 Å². The number of anilines is 1. The lowest BCUT2D eigenvalue weighted by Gasteiger charge is -2.35. The molecule has 0 bridgehead atoms. The highest BCUT2D eigenvalue weighted by molar-refractivity contribution is 7.14. The molecular weight excluding hydrogens is 315 g/mol. The zero-order valence-electron chi connectivity index (χ0n) is 13.2. The van der Waals surface area contributed by atoms with Crippen molar-refractivity contribution in [1.29, 1.82) is 0 Å². The number of pyridine rings is 1. The summed E-state index contributed by atoms with van der Waals surface area (Å²) in [4.78, 5) is 24.4. The van der Waals surface area contributed by atoms with Crippen molar-refractivity contribution < 1.29 is 9.18 Å². The first-order valence-corrected chi connectivity index (χ1v) is 8.54. The maximum Gasteiger partial charge on any atom is 0.225 e. The van der Waals surface area contributed by atoms with Crippen molar-refractivity contribution in [3.05, 3.63) is 29.7 Å². The molecule has 23 heavy (non-hydrogen) atoms. The average molecular weight is 334 g/mol. The molecule has 0 spiro atoms. The summed E-state index contributed by atoms with van der Waals surface area (Å²) in [5.41, 5.74) is 1.61. The van der Waals surface area contributed by atoms with Crippen LogP contribution in [0.1, 0.15) is 13.8 Å². The van der Waals surface area contributed by atoms with Crippen LogP contribution in [0.5, 0.6) is 0 Å². The molecule has 1 aliphatic heterocycles. The van der Waals surface area contributed by atoms with E-state index >= 15 is 0 Å². The molecule has 5 nitrogen and oxygen atoms in total. The van der Waals surface area contributed by atoms with Gasteiger partial charge in [-0.25, -0.2) is 9.97 Å². The van der Waals surface area contributed by atoms with Crippen molar-refractivity contribution in [3.8, 4) is 11.3 Å². The monoisotopic (exact) mass is 334 g/mol. The lowest BCUT2D eigenvalue weighted by molar-refractivity contribution is -0.134. The van der Waals surface area contributed by atoms with E-state index < -0.39 is 5.95 Å². The highest BCUT2D eigenvalue weighted by Crippen LogP contribution is 2.27. The summed E-state index contributed by atoms with van der Waals surface area (Å²) in [6.45, 7) is 6.88. The molecule has 2 aromatic heterocycles. The first kappa shape index (κ1) is 15.9. The van der Waals surface area contributed by atoms with Gasteiger partial charge in [0, 0.05) is 49.2 Å². The fourth-order valence-electron chi connectivity index (χ4n) is 2.55. The molecule has 2 aromatic rings. The van der Waals surface area contributed by atoms with Crippen LogP contribution in [0, 0.1) is 11.9 Å². The third kappa shape index (κ3) is 3.50. The first-order chi connectivity index (χ1) is 11.0. The van der Waals surface area contributed by atoms with Crippen LogP contribution in [-0.4, -0.2) is 47.0 Å². The molecule has 0 radical (unpaired) electrons. The number of carbonyl (C=O) groups is 1. The minimum atomic E-state index is -0.491. The largest absolute Gasteiger partial charge is 0.345 e. The van der Waals surface area contributed by atoms with Gasteiger partial charge >= 0.3 is 0 Å². The number of aromatic nitrogens is 2. The van der Waals surface area contributed by atoms with Crippen LogP contribution in [0.2, 0.25) is 0 Å². The van der Waals surface area contributed by atoms with Gasteiger partial charge in [0.2, 0.25) is 11.9 Å². The quantitative estimate of drug-likeness (QED) is 0.810. The number of halogens is 1. The lowest BCUT2D eigenvalue weighted by atomic mass is 10.1.